The normalized spacial score (nSPS) is 6.25. The summed E-state index contributed by atoms with van der Waals surface area (Å²) < 4.78 is 1.99. The second-order valence-corrected chi connectivity index (χ2v) is 5.13. The summed E-state index contributed by atoms with van der Waals surface area (Å²) in [5.74, 6) is 0. The van der Waals surface area contributed by atoms with Crippen LogP contribution in [0.25, 0.3) is 0 Å². The molecule has 4 heavy (non-hydrogen) atoms. The van der Waals surface area contributed by atoms with Crippen molar-refractivity contribution in [2.75, 3.05) is 0 Å². The van der Waals surface area contributed by atoms with Crippen molar-refractivity contribution in [3.8, 4) is 0 Å². The monoisotopic (exact) mass is 284 g/mol. The van der Waals surface area contributed by atoms with Gasteiger partial charge >= 0.3 is 46.4 Å². The van der Waals surface area contributed by atoms with Crippen molar-refractivity contribution in [1.82, 2.24) is 0 Å². The molecule has 0 heterocycles. The zero-order chi connectivity index (χ0) is 3.41. The molecular weight excluding hydrogens is 279 g/mol. The van der Waals surface area contributed by atoms with Gasteiger partial charge in [-0.05, 0) is 0 Å². The first kappa shape index (κ1) is 5.26. The van der Waals surface area contributed by atoms with Gasteiger partial charge in [-0.3, -0.25) is 0 Å². The molecule has 0 rings (SSSR count). The summed E-state index contributed by atoms with van der Waals surface area (Å²) in [6, 6.07) is 0. The Hall–Kier alpha value is 1.26. The Bertz CT molecular complexity index is 20.0. The molecular formula is C2H3ITe. The molecule has 0 amide bonds. The molecule has 0 radical (unpaired) electrons. The third-order valence-corrected chi connectivity index (χ3v) is 2.83. The molecule has 0 N–H and O–H groups in total. The molecule has 0 aromatic rings. The van der Waals surface area contributed by atoms with Gasteiger partial charge in [0.25, 0.3) is 0 Å². The van der Waals surface area contributed by atoms with Crippen molar-refractivity contribution in [3.05, 3.63) is 10.7 Å². The first-order valence-corrected chi connectivity index (χ1v) is 8.93. The second kappa shape index (κ2) is 4.26. The van der Waals surface area contributed by atoms with Crippen molar-refractivity contribution in [2.45, 2.75) is 0 Å². The molecule has 0 saturated heterocycles. The summed E-state index contributed by atoms with van der Waals surface area (Å²) >= 11 is 2.58. The Morgan fingerprint density at radius 3 is 2.25 bits per heavy atom. The SMILES string of the molecule is C=C[Te]I. The Labute approximate surface area is 46.0 Å². The van der Waals surface area contributed by atoms with Crippen LogP contribution in [-0.2, 0) is 0 Å². The first-order chi connectivity index (χ1) is 1.91. The van der Waals surface area contributed by atoms with E-state index in [9.17, 15) is 0 Å². The average molecular weight is 282 g/mol. The van der Waals surface area contributed by atoms with E-state index in [0.29, 0.717) is 0 Å². The van der Waals surface area contributed by atoms with E-state index >= 15 is 0 Å². The number of halogens is 1. The summed E-state index contributed by atoms with van der Waals surface area (Å²) in [6.45, 7) is 3.53. The van der Waals surface area contributed by atoms with Gasteiger partial charge in [0.2, 0.25) is 0 Å². The zero-order valence-electron chi connectivity index (χ0n) is 2.07. The molecule has 0 aliphatic heterocycles. The van der Waals surface area contributed by atoms with Gasteiger partial charge in [-0.15, -0.1) is 0 Å². The van der Waals surface area contributed by atoms with Crippen LogP contribution in [0.5, 0.6) is 0 Å². The van der Waals surface area contributed by atoms with Gasteiger partial charge in [-0.1, -0.05) is 0 Å². The molecule has 0 aliphatic rings. The molecule has 0 fully saturated rings. The van der Waals surface area contributed by atoms with Crippen LogP contribution in [0, 0.1) is 0 Å². The third-order valence-electron chi connectivity index (χ3n) is 0.0630. The number of hydrogen-bond acceptors (Lipinski definition) is 0. The molecule has 0 aliphatic carbocycles. The van der Waals surface area contributed by atoms with E-state index in [1.807, 2.05) is 4.12 Å². The number of hydrogen-bond donors (Lipinski definition) is 0. The standard InChI is InChI=1S/C2H3ITe/c1-2-4-3/h2H,1H2. The first-order valence-electron chi connectivity index (χ1n) is 0.798. The van der Waals surface area contributed by atoms with Crippen LogP contribution in [0.2, 0.25) is 0 Å². The Morgan fingerprint density at radius 2 is 2.25 bits per heavy atom. The molecule has 24 valence electrons. The molecule has 0 unspecified atom stereocenters. The van der Waals surface area contributed by atoms with E-state index in [0.717, 1.165) is 0 Å². The maximum atomic E-state index is 3.53. The Balaban J connectivity index is 2.30. The van der Waals surface area contributed by atoms with Crippen LogP contribution in [0.4, 0.5) is 0 Å². The van der Waals surface area contributed by atoms with E-state index in [4.69, 9.17) is 0 Å². The van der Waals surface area contributed by atoms with Gasteiger partial charge < -0.3 is 0 Å². The fourth-order valence-corrected chi connectivity index (χ4v) is 0. The summed E-state index contributed by atoms with van der Waals surface area (Å²) in [6.07, 6.45) is 0. The van der Waals surface area contributed by atoms with Gasteiger partial charge in [-0.25, -0.2) is 0 Å². The van der Waals surface area contributed by atoms with Crippen LogP contribution in [0.1, 0.15) is 0 Å². The van der Waals surface area contributed by atoms with Crippen molar-refractivity contribution in [1.29, 1.82) is 0 Å². The van der Waals surface area contributed by atoms with Crippen molar-refractivity contribution < 1.29 is 0 Å². The van der Waals surface area contributed by atoms with Crippen LogP contribution in [0.15, 0.2) is 10.7 Å². The fourth-order valence-electron chi connectivity index (χ4n) is 0. The van der Waals surface area contributed by atoms with Gasteiger partial charge in [0.15, 0.2) is 0 Å². The molecule has 0 nitrogen and oxygen atoms in total. The second-order valence-electron chi connectivity index (χ2n) is 0.256. The van der Waals surface area contributed by atoms with E-state index in [2.05, 4.69) is 25.3 Å². The molecule has 0 aromatic carbocycles. The van der Waals surface area contributed by atoms with Crippen LogP contribution < -0.4 is 0 Å². The van der Waals surface area contributed by atoms with Crippen LogP contribution in [0.3, 0.4) is 0 Å². The van der Waals surface area contributed by atoms with Gasteiger partial charge in [-0.2, -0.15) is 0 Å². The van der Waals surface area contributed by atoms with Gasteiger partial charge in [0.05, 0.1) is 0 Å². The van der Waals surface area contributed by atoms with Crippen molar-refractivity contribution in [3.63, 3.8) is 0 Å². The van der Waals surface area contributed by atoms with E-state index in [-0.39, 0.29) is 17.0 Å². The van der Waals surface area contributed by atoms with Crippen molar-refractivity contribution >= 4 is 35.7 Å². The fraction of sp³-hybridized carbons (Fsp3) is 0. The topological polar surface area (TPSA) is 0 Å². The molecule has 0 aromatic heterocycles. The van der Waals surface area contributed by atoms with Crippen LogP contribution >= 0.6 is 18.7 Å². The minimum absolute atomic E-state index is 0.216. The van der Waals surface area contributed by atoms with Gasteiger partial charge in [0.1, 0.15) is 0 Å². The van der Waals surface area contributed by atoms with E-state index in [1.165, 1.54) is 0 Å². The summed E-state index contributed by atoms with van der Waals surface area (Å²) in [4.78, 5) is 0. The zero-order valence-corrected chi connectivity index (χ0v) is 6.56. The third kappa shape index (κ3) is 3.26. The average Bonchev–Trinajstić information content (AvgIpc) is 1.37. The molecule has 2 heteroatoms. The van der Waals surface area contributed by atoms with Crippen LogP contribution in [-0.4, -0.2) is 17.0 Å². The molecule has 0 atom stereocenters. The summed E-state index contributed by atoms with van der Waals surface area (Å²) in [5.41, 5.74) is 0. The predicted octanol–water partition coefficient (Wildman–Crippen LogP) is 1.18. The predicted molar refractivity (Wildman–Crippen MR) is 30.0 cm³/mol. The van der Waals surface area contributed by atoms with Gasteiger partial charge in [0, 0.05) is 0 Å². The quantitative estimate of drug-likeness (QED) is 0.500. The van der Waals surface area contributed by atoms with E-state index < -0.39 is 0 Å². The molecule has 0 bridgehead atoms. The van der Waals surface area contributed by atoms with E-state index in [1.54, 1.807) is 0 Å². The summed E-state index contributed by atoms with van der Waals surface area (Å²) in [7, 11) is 0. The summed E-state index contributed by atoms with van der Waals surface area (Å²) in [5, 5.41) is 0. The maximum absolute atomic E-state index is 3.53. The molecule has 0 saturated carbocycles. The Kier molecular flexibility index (Phi) is 5.60. The Morgan fingerprint density at radius 1 is 2.00 bits per heavy atom. The number of rotatable bonds is 1. The van der Waals surface area contributed by atoms with Crippen molar-refractivity contribution in [2.24, 2.45) is 0 Å². The minimum atomic E-state index is 0.216. The molecule has 0 spiro atoms.